The molecule has 1 aromatic carbocycles. The van der Waals surface area contributed by atoms with Crippen molar-refractivity contribution < 1.29 is 8.42 Å². The fraction of sp³-hybridized carbons (Fsp3) is 0. The normalized spacial score (nSPS) is 11.7. The first-order valence-electron chi connectivity index (χ1n) is 2.91. The van der Waals surface area contributed by atoms with E-state index in [9.17, 15) is 8.42 Å². The van der Waals surface area contributed by atoms with Crippen LogP contribution in [0.5, 0.6) is 0 Å². The molecule has 0 aliphatic heterocycles. The van der Waals surface area contributed by atoms with Crippen molar-refractivity contribution in [2.24, 2.45) is 0 Å². The zero-order valence-corrected chi connectivity index (χ0v) is 11.4. The van der Waals surface area contributed by atoms with E-state index >= 15 is 0 Å². The first kappa shape index (κ1) is 11.8. The molecule has 13 heavy (non-hydrogen) atoms. The predicted molar refractivity (Wildman–Crippen MR) is 59.9 cm³/mol. The van der Waals surface area contributed by atoms with E-state index < -0.39 is 9.05 Å². The largest absolute Gasteiger partial charge is 0.263 e. The molecule has 0 saturated carbocycles. The van der Waals surface area contributed by atoms with Crippen LogP contribution >= 0.6 is 54.1 Å². The van der Waals surface area contributed by atoms with E-state index in [2.05, 4.69) is 31.9 Å². The van der Waals surface area contributed by atoms with Crippen molar-refractivity contribution in [3.63, 3.8) is 0 Å². The molecule has 0 saturated heterocycles. The Morgan fingerprint density at radius 1 is 1.15 bits per heavy atom. The van der Waals surface area contributed by atoms with Crippen LogP contribution < -0.4 is 0 Å². The first-order chi connectivity index (χ1) is 5.82. The van der Waals surface area contributed by atoms with Crippen molar-refractivity contribution in [3.05, 3.63) is 26.1 Å². The molecular formula is C6H2Br2Cl2O2S. The molecule has 0 spiro atoms. The van der Waals surface area contributed by atoms with Crippen molar-refractivity contribution in [1.29, 1.82) is 0 Å². The summed E-state index contributed by atoms with van der Waals surface area (Å²) >= 11 is 11.8. The minimum atomic E-state index is -3.76. The molecule has 0 fully saturated rings. The highest BCUT2D eigenvalue weighted by molar-refractivity contribution is 9.11. The van der Waals surface area contributed by atoms with Crippen LogP contribution in [0.2, 0.25) is 5.02 Å². The highest BCUT2D eigenvalue weighted by Crippen LogP contribution is 2.34. The molecule has 0 aromatic heterocycles. The summed E-state index contributed by atoms with van der Waals surface area (Å²) in [7, 11) is 1.43. The van der Waals surface area contributed by atoms with Gasteiger partial charge in [0.05, 0.1) is 0 Å². The Labute approximate surface area is 102 Å². The van der Waals surface area contributed by atoms with Gasteiger partial charge in [0.1, 0.15) is 4.90 Å². The lowest BCUT2D eigenvalue weighted by Crippen LogP contribution is -1.93. The van der Waals surface area contributed by atoms with Crippen molar-refractivity contribution in [1.82, 2.24) is 0 Å². The Hall–Kier alpha value is 0.710. The Morgan fingerprint density at radius 2 is 1.54 bits per heavy atom. The molecule has 0 unspecified atom stereocenters. The number of rotatable bonds is 1. The van der Waals surface area contributed by atoms with Gasteiger partial charge in [-0.05, 0) is 44.0 Å². The van der Waals surface area contributed by atoms with E-state index in [1.54, 1.807) is 0 Å². The monoisotopic (exact) mass is 366 g/mol. The van der Waals surface area contributed by atoms with E-state index in [0.717, 1.165) is 0 Å². The van der Waals surface area contributed by atoms with E-state index in [-0.39, 0.29) is 4.90 Å². The minimum Gasteiger partial charge on any atom is -0.207 e. The van der Waals surface area contributed by atoms with Crippen LogP contribution in [0, 0.1) is 0 Å². The van der Waals surface area contributed by atoms with Crippen molar-refractivity contribution in [3.8, 4) is 0 Å². The number of halogens is 4. The lowest BCUT2D eigenvalue weighted by molar-refractivity contribution is 0.608. The van der Waals surface area contributed by atoms with Gasteiger partial charge in [-0.1, -0.05) is 11.6 Å². The summed E-state index contributed by atoms with van der Waals surface area (Å²) in [6, 6.07) is 2.92. The maximum absolute atomic E-state index is 11.0. The SMILES string of the molecule is O=S(=O)(Cl)c1c(Br)cc(Cl)cc1Br. The molecule has 0 bridgehead atoms. The summed E-state index contributed by atoms with van der Waals surface area (Å²) in [5.41, 5.74) is 0. The summed E-state index contributed by atoms with van der Waals surface area (Å²) in [6.45, 7) is 0. The molecule has 0 N–H and O–H groups in total. The van der Waals surface area contributed by atoms with Crippen molar-refractivity contribution >= 4 is 63.2 Å². The standard InChI is InChI=1S/C6H2Br2Cl2O2S/c7-4-1-3(9)2-5(8)6(4)13(10,11)12/h1-2H. The van der Waals surface area contributed by atoms with Crippen molar-refractivity contribution in [2.75, 3.05) is 0 Å². The molecule has 2 nitrogen and oxygen atoms in total. The summed E-state index contributed by atoms with van der Waals surface area (Å²) in [4.78, 5) is -0.0152. The molecule has 0 atom stereocenters. The third-order valence-corrected chi connectivity index (χ3v) is 4.59. The third-order valence-electron chi connectivity index (χ3n) is 1.21. The molecule has 7 heteroatoms. The van der Waals surface area contributed by atoms with Gasteiger partial charge < -0.3 is 0 Å². The van der Waals surface area contributed by atoms with Crippen LogP contribution in [0.25, 0.3) is 0 Å². The third kappa shape index (κ3) is 2.83. The second kappa shape index (κ2) is 4.06. The Balaban J connectivity index is 3.57. The Bertz CT molecular complexity index is 421. The van der Waals surface area contributed by atoms with Crippen LogP contribution in [0.4, 0.5) is 0 Å². The zero-order chi connectivity index (χ0) is 10.2. The van der Waals surface area contributed by atoms with E-state index in [4.69, 9.17) is 22.3 Å². The average Bonchev–Trinajstić information content (AvgIpc) is 1.78. The second-order valence-corrected chi connectivity index (χ2v) is 6.78. The van der Waals surface area contributed by atoms with Gasteiger partial charge in [-0.15, -0.1) is 0 Å². The molecule has 72 valence electrons. The number of hydrogen-bond donors (Lipinski definition) is 0. The summed E-state index contributed by atoms with van der Waals surface area (Å²) < 4.78 is 22.8. The smallest absolute Gasteiger partial charge is 0.207 e. The molecule has 0 heterocycles. The lowest BCUT2D eigenvalue weighted by atomic mass is 10.4. The van der Waals surface area contributed by atoms with Crippen LogP contribution in [0.15, 0.2) is 26.0 Å². The highest BCUT2D eigenvalue weighted by atomic mass is 79.9. The van der Waals surface area contributed by atoms with Crippen molar-refractivity contribution in [2.45, 2.75) is 4.90 Å². The molecule has 0 aliphatic carbocycles. The summed E-state index contributed by atoms with van der Waals surface area (Å²) in [6.07, 6.45) is 0. The summed E-state index contributed by atoms with van der Waals surface area (Å²) in [5, 5.41) is 0.419. The highest BCUT2D eigenvalue weighted by Gasteiger charge is 2.18. The van der Waals surface area contributed by atoms with E-state index in [0.29, 0.717) is 14.0 Å². The Morgan fingerprint density at radius 3 is 1.85 bits per heavy atom. The van der Waals surface area contributed by atoms with Gasteiger partial charge in [0, 0.05) is 24.7 Å². The zero-order valence-electron chi connectivity index (χ0n) is 5.89. The van der Waals surface area contributed by atoms with E-state index in [1.165, 1.54) is 12.1 Å². The van der Waals surface area contributed by atoms with Gasteiger partial charge in [-0.2, -0.15) is 0 Å². The number of benzene rings is 1. The van der Waals surface area contributed by atoms with Crippen LogP contribution in [0.3, 0.4) is 0 Å². The van der Waals surface area contributed by atoms with E-state index in [1.807, 2.05) is 0 Å². The van der Waals surface area contributed by atoms with Gasteiger partial charge >= 0.3 is 0 Å². The second-order valence-electron chi connectivity index (χ2n) is 2.14. The number of hydrogen-bond acceptors (Lipinski definition) is 2. The average molecular weight is 369 g/mol. The van der Waals surface area contributed by atoms with Crippen LogP contribution in [0.1, 0.15) is 0 Å². The molecule has 0 radical (unpaired) electrons. The molecule has 0 amide bonds. The fourth-order valence-corrected chi connectivity index (χ4v) is 5.35. The topological polar surface area (TPSA) is 34.1 Å². The molecular weight excluding hydrogens is 367 g/mol. The van der Waals surface area contributed by atoms with Gasteiger partial charge in [0.2, 0.25) is 0 Å². The van der Waals surface area contributed by atoms with Gasteiger partial charge in [-0.3, -0.25) is 0 Å². The van der Waals surface area contributed by atoms with Gasteiger partial charge in [0.25, 0.3) is 9.05 Å². The van der Waals surface area contributed by atoms with Crippen LogP contribution in [-0.4, -0.2) is 8.42 Å². The first-order valence-corrected chi connectivity index (χ1v) is 7.19. The fourth-order valence-electron chi connectivity index (χ4n) is 0.762. The minimum absolute atomic E-state index is 0.0152. The summed E-state index contributed by atoms with van der Waals surface area (Å²) in [5.74, 6) is 0. The Kier molecular flexibility index (Phi) is 3.68. The molecule has 1 rings (SSSR count). The van der Waals surface area contributed by atoms with Crippen LogP contribution in [-0.2, 0) is 9.05 Å². The maximum atomic E-state index is 11.0. The quantitative estimate of drug-likeness (QED) is 0.707. The maximum Gasteiger partial charge on any atom is 0.263 e. The van der Waals surface area contributed by atoms with Gasteiger partial charge in [0.15, 0.2) is 0 Å². The van der Waals surface area contributed by atoms with Gasteiger partial charge in [-0.25, -0.2) is 8.42 Å². The predicted octanol–water partition coefficient (Wildman–Crippen LogP) is 3.79. The molecule has 1 aromatic rings. The lowest BCUT2D eigenvalue weighted by Gasteiger charge is -2.03. The molecule has 0 aliphatic rings.